The molecule has 4 nitrogen and oxygen atoms in total. The van der Waals surface area contributed by atoms with Crippen LogP contribution >= 0.6 is 0 Å². The van der Waals surface area contributed by atoms with Gasteiger partial charge in [0, 0.05) is 5.56 Å². The average Bonchev–Trinajstić information content (AvgIpc) is 2.90. The highest BCUT2D eigenvalue weighted by molar-refractivity contribution is 5.98. The van der Waals surface area contributed by atoms with E-state index in [4.69, 9.17) is 9.47 Å². The van der Waals surface area contributed by atoms with Gasteiger partial charge in [0.2, 0.25) is 0 Å². The molecule has 0 aliphatic heterocycles. The summed E-state index contributed by atoms with van der Waals surface area (Å²) in [5.41, 5.74) is 4.03. The molecule has 0 radical (unpaired) electrons. The molecule has 0 aliphatic carbocycles. The molecule has 4 heteroatoms. The maximum absolute atomic E-state index is 5.49. The zero-order valence-electron chi connectivity index (χ0n) is 11.7. The molecule has 3 aromatic rings. The fourth-order valence-corrected chi connectivity index (χ4v) is 2.38. The Bertz CT molecular complexity index is 745. The van der Waals surface area contributed by atoms with Crippen molar-refractivity contribution in [2.75, 3.05) is 14.2 Å². The Hall–Kier alpha value is -2.49. The Balaban J connectivity index is 2.20. The molecule has 1 N–H and O–H groups in total. The van der Waals surface area contributed by atoms with Crippen molar-refractivity contribution in [1.82, 2.24) is 10.2 Å². The summed E-state index contributed by atoms with van der Waals surface area (Å²) in [6.07, 6.45) is 0. The Kier molecular flexibility index (Phi) is 3.06. The van der Waals surface area contributed by atoms with Crippen LogP contribution in [0.2, 0.25) is 0 Å². The summed E-state index contributed by atoms with van der Waals surface area (Å²) in [6.45, 7) is 2.04. The van der Waals surface area contributed by atoms with E-state index in [0.29, 0.717) is 0 Å². The molecule has 0 unspecified atom stereocenters. The number of benzene rings is 2. The molecule has 20 heavy (non-hydrogen) atoms. The lowest BCUT2D eigenvalue weighted by Crippen LogP contribution is -1.87. The Morgan fingerprint density at radius 2 is 1.75 bits per heavy atom. The number of nitrogens with one attached hydrogen (secondary N) is 1. The summed E-state index contributed by atoms with van der Waals surface area (Å²) in [5.74, 6) is 1.66. The highest BCUT2D eigenvalue weighted by atomic mass is 16.5. The first-order valence-corrected chi connectivity index (χ1v) is 6.40. The Morgan fingerprint density at radius 1 is 1.00 bits per heavy atom. The quantitative estimate of drug-likeness (QED) is 0.790. The van der Waals surface area contributed by atoms with Gasteiger partial charge in [-0.15, -0.1) is 0 Å². The number of aromatic amines is 1. The topological polar surface area (TPSA) is 47.1 Å². The van der Waals surface area contributed by atoms with Crippen molar-refractivity contribution in [2.24, 2.45) is 0 Å². The van der Waals surface area contributed by atoms with Gasteiger partial charge in [-0.2, -0.15) is 5.10 Å². The highest BCUT2D eigenvalue weighted by Gasteiger charge is 2.13. The van der Waals surface area contributed by atoms with Crippen LogP contribution in [0.1, 0.15) is 5.56 Å². The van der Waals surface area contributed by atoms with Gasteiger partial charge in [-0.25, -0.2) is 0 Å². The standard InChI is InChI=1S/C16H16N2O2/c1-10-8-13-15(14(9-10)20-3)16(18-17-13)11-4-6-12(19-2)7-5-11/h4-9H,1-3H3,(H,17,18). The van der Waals surface area contributed by atoms with Gasteiger partial charge < -0.3 is 9.47 Å². The maximum Gasteiger partial charge on any atom is 0.130 e. The summed E-state index contributed by atoms with van der Waals surface area (Å²) >= 11 is 0. The van der Waals surface area contributed by atoms with Gasteiger partial charge in [0.05, 0.1) is 25.1 Å². The van der Waals surface area contributed by atoms with E-state index in [0.717, 1.165) is 39.2 Å². The molecule has 102 valence electrons. The summed E-state index contributed by atoms with van der Waals surface area (Å²) in [5, 5.41) is 8.50. The van der Waals surface area contributed by atoms with Crippen LogP contribution in [0.3, 0.4) is 0 Å². The third-order valence-electron chi connectivity index (χ3n) is 3.35. The van der Waals surface area contributed by atoms with E-state index in [-0.39, 0.29) is 0 Å². The molecule has 0 saturated heterocycles. The smallest absolute Gasteiger partial charge is 0.130 e. The first-order valence-electron chi connectivity index (χ1n) is 6.40. The fraction of sp³-hybridized carbons (Fsp3) is 0.188. The van der Waals surface area contributed by atoms with Gasteiger partial charge in [0.15, 0.2) is 0 Å². The van der Waals surface area contributed by atoms with Gasteiger partial charge in [-0.1, -0.05) is 0 Å². The van der Waals surface area contributed by atoms with Crippen molar-refractivity contribution >= 4 is 10.9 Å². The normalized spacial score (nSPS) is 10.8. The predicted octanol–water partition coefficient (Wildman–Crippen LogP) is 3.56. The number of aryl methyl sites for hydroxylation is 1. The van der Waals surface area contributed by atoms with Crippen LogP contribution in [0.4, 0.5) is 0 Å². The molecule has 0 aliphatic rings. The number of rotatable bonds is 3. The SMILES string of the molecule is COc1ccc(-c2n[nH]c3cc(C)cc(OC)c23)cc1. The van der Waals surface area contributed by atoms with Crippen molar-refractivity contribution in [3.63, 3.8) is 0 Å². The van der Waals surface area contributed by atoms with E-state index in [2.05, 4.69) is 16.3 Å². The number of hydrogen-bond donors (Lipinski definition) is 1. The summed E-state index contributed by atoms with van der Waals surface area (Å²) in [4.78, 5) is 0. The zero-order valence-corrected chi connectivity index (χ0v) is 11.7. The second kappa shape index (κ2) is 4.89. The van der Waals surface area contributed by atoms with Gasteiger partial charge >= 0.3 is 0 Å². The van der Waals surface area contributed by atoms with Crippen LogP contribution in [-0.4, -0.2) is 24.4 Å². The molecule has 1 aromatic heterocycles. The molecule has 0 spiro atoms. The minimum atomic E-state index is 0.830. The summed E-state index contributed by atoms with van der Waals surface area (Å²) < 4.78 is 10.7. The van der Waals surface area contributed by atoms with Crippen LogP contribution in [0.25, 0.3) is 22.2 Å². The number of aromatic nitrogens is 2. The molecular formula is C16H16N2O2. The highest BCUT2D eigenvalue weighted by Crippen LogP contribution is 2.34. The van der Waals surface area contributed by atoms with Crippen molar-refractivity contribution in [3.05, 3.63) is 42.0 Å². The van der Waals surface area contributed by atoms with Crippen LogP contribution < -0.4 is 9.47 Å². The number of nitrogens with zero attached hydrogens (tertiary/aromatic N) is 1. The van der Waals surface area contributed by atoms with Crippen molar-refractivity contribution in [3.8, 4) is 22.8 Å². The Labute approximate surface area is 117 Å². The van der Waals surface area contributed by atoms with Crippen molar-refractivity contribution in [2.45, 2.75) is 6.92 Å². The summed E-state index contributed by atoms with van der Waals surface area (Å²) in [6, 6.07) is 11.9. The number of methoxy groups -OCH3 is 2. The summed E-state index contributed by atoms with van der Waals surface area (Å²) in [7, 11) is 3.34. The first kappa shape index (κ1) is 12.5. The second-order valence-corrected chi connectivity index (χ2v) is 4.69. The molecule has 0 fully saturated rings. The van der Waals surface area contributed by atoms with Gasteiger partial charge in [-0.05, 0) is 48.9 Å². The Morgan fingerprint density at radius 3 is 2.40 bits per heavy atom. The largest absolute Gasteiger partial charge is 0.497 e. The molecule has 3 rings (SSSR count). The molecule has 1 heterocycles. The van der Waals surface area contributed by atoms with Crippen LogP contribution in [0, 0.1) is 6.92 Å². The van der Waals surface area contributed by atoms with Crippen LogP contribution in [0.15, 0.2) is 36.4 Å². The molecule has 0 bridgehead atoms. The van der Waals surface area contributed by atoms with Gasteiger partial charge in [0.25, 0.3) is 0 Å². The lowest BCUT2D eigenvalue weighted by Gasteiger charge is -2.06. The first-order chi connectivity index (χ1) is 9.72. The van der Waals surface area contributed by atoms with Crippen LogP contribution in [-0.2, 0) is 0 Å². The van der Waals surface area contributed by atoms with E-state index in [1.165, 1.54) is 0 Å². The van der Waals surface area contributed by atoms with E-state index < -0.39 is 0 Å². The fourth-order valence-electron chi connectivity index (χ4n) is 2.38. The molecule has 0 atom stereocenters. The minimum absolute atomic E-state index is 0.830. The number of ether oxygens (including phenoxy) is 2. The zero-order chi connectivity index (χ0) is 14.1. The lowest BCUT2D eigenvalue weighted by atomic mass is 10.1. The molecular weight excluding hydrogens is 252 g/mol. The van der Waals surface area contributed by atoms with Crippen molar-refractivity contribution in [1.29, 1.82) is 0 Å². The minimum Gasteiger partial charge on any atom is -0.497 e. The average molecular weight is 268 g/mol. The van der Waals surface area contributed by atoms with E-state index in [1.807, 2.05) is 37.3 Å². The number of fused-ring (bicyclic) bond motifs is 1. The molecule has 0 saturated carbocycles. The molecule has 2 aromatic carbocycles. The number of hydrogen-bond acceptors (Lipinski definition) is 3. The van der Waals surface area contributed by atoms with Gasteiger partial charge in [0.1, 0.15) is 17.2 Å². The van der Waals surface area contributed by atoms with Crippen molar-refractivity contribution < 1.29 is 9.47 Å². The van der Waals surface area contributed by atoms with Gasteiger partial charge in [-0.3, -0.25) is 5.10 Å². The monoisotopic (exact) mass is 268 g/mol. The van der Waals surface area contributed by atoms with E-state index in [9.17, 15) is 0 Å². The maximum atomic E-state index is 5.49. The van der Waals surface area contributed by atoms with E-state index in [1.54, 1.807) is 14.2 Å². The number of H-pyrrole nitrogens is 1. The second-order valence-electron chi connectivity index (χ2n) is 4.69. The third-order valence-corrected chi connectivity index (χ3v) is 3.35. The molecule has 0 amide bonds. The van der Waals surface area contributed by atoms with E-state index >= 15 is 0 Å². The lowest BCUT2D eigenvalue weighted by molar-refractivity contribution is 0.415. The van der Waals surface area contributed by atoms with Crippen LogP contribution in [0.5, 0.6) is 11.5 Å². The predicted molar refractivity (Wildman–Crippen MR) is 79.4 cm³/mol. The third kappa shape index (κ3) is 1.99.